The van der Waals surface area contributed by atoms with Crippen molar-refractivity contribution in [2.45, 2.75) is 38.1 Å². The first-order valence-corrected chi connectivity index (χ1v) is 8.29. The van der Waals surface area contributed by atoms with Gasteiger partial charge in [-0.1, -0.05) is 0 Å². The molecule has 2 N–H and O–H groups in total. The molecular formula is C13H21NS2. The molecule has 1 fully saturated rings. The number of thioether (sulfide) groups is 1. The average molecular weight is 255 g/mol. The Morgan fingerprint density at radius 2 is 2.19 bits per heavy atom. The van der Waals surface area contributed by atoms with Crippen LogP contribution in [0.3, 0.4) is 0 Å². The first-order valence-electron chi connectivity index (χ1n) is 6.19. The molecule has 0 bridgehead atoms. The Kier molecular flexibility index (Phi) is 5.20. The summed E-state index contributed by atoms with van der Waals surface area (Å²) in [4.78, 5) is 0. The average Bonchev–Trinajstić information content (AvgIpc) is 2.81. The minimum atomic E-state index is 0.410. The zero-order valence-corrected chi connectivity index (χ0v) is 11.4. The van der Waals surface area contributed by atoms with Crippen molar-refractivity contribution in [1.82, 2.24) is 0 Å². The SMILES string of the molecule is NC(CCc1ccsc1)CC1CCSCC1. The van der Waals surface area contributed by atoms with E-state index in [4.69, 9.17) is 5.73 Å². The van der Waals surface area contributed by atoms with Crippen molar-refractivity contribution in [3.05, 3.63) is 22.4 Å². The van der Waals surface area contributed by atoms with Crippen LogP contribution in [0, 0.1) is 5.92 Å². The van der Waals surface area contributed by atoms with Gasteiger partial charge in [-0.25, -0.2) is 0 Å². The fourth-order valence-electron chi connectivity index (χ4n) is 2.32. The van der Waals surface area contributed by atoms with Gasteiger partial charge in [0.2, 0.25) is 0 Å². The van der Waals surface area contributed by atoms with Crippen molar-refractivity contribution >= 4 is 23.1 Å². The van der Waals surface area contributed by atoms with Gasteiger partial charge >= 0.3 is 0 Å². The van der Waals surface area contributed by atoms with Gasteiger partial charge in [-0.05, 0) is 71.9 Å². The maximum absolute atomic E-state index is 6.22. The van der Waals surface area contributed by atoms with E-state index in [0.717, 1.165) is 18.8 Å². The van der Waals surface area contributed by atoms with Crippen LogP contribution in [0.25, 0.3) is 0 Å². The highest BCUT2D eigenvalue weighted by atomic mass is 32.2. The zero-order chi connectivity index (χ0) is 11.2. The summed E-state index contributed by atoms with van der Waals surface area (Å²) in [5, 5.41) is 4.39. The lowest BCUT2D eigenvalue weighted by molar-refractivity contribution is 0.396. The summed E-state index contributed by atoms with van der Waals surface area (Å²) in [5.41, 5.74) is 7.68. The summed E-state index contributed by atoms with van der Waals surface area (Å²) >= 11 is 3.88. The first-order chi connectivity index (χ1) is 7.84. The van der Waals surface area contributed by atoms with Gasteiger partial charge in [-0.15, -0.1) is 0 Å². The highest BCUT2D eigenvalue weighted by molar-refractivity contribution is 7.99. The minimum Gasteiger partial charge on any atom is -0.328 e. The predicted molar refractivity (Wildman–Crippen MR) is 75.3 cm³/mol. The van der Waals surface area contributed by atoms with Crippen molar-refractivity contribution in [3.63, 3.8) is 0 Å². The van der Waals surface area contributed by atoms with Crippen molar-refractivity contribution < 1.29 is 0 Å². The van der Waals surface area contributed by atoms with E-state index in [1.807, 2.05) is 0 Å². The summed E-state index contributed by atoms with van der Waals surface area (Å²) in [6.45, 7) is 0. The smallest absolute Gasteiger partial charge is 0.00446 e. The lowest BCUT2D eigenvalue weighted by Crippen LogP contribution is -2.26. The molecule has 1 saturated heterocycles. The molecule has 0 amide bonds. The zero-order valence-electron chi connectivity index (χ0n) is 9.73. The molecule has 0 aliphatic carbocycles. The highest BCUT2D eigenvalue weighted by Gasteiger charge is 2.16. The molecule has 90 valence electrons. The number of thiophene rings is 1. The molecule has 16 heavy (non-hydrogen) atoms. The van der Waals surface area contributed by atoms with Crippen LogP contribution in [0.15, 0.2) is 16.8 Å². The fraction of sp³-hybridized carbons (Fsp3) is 0.692. The molecule has 1 unspecified atom stereocenters. The Bertz CT molecular complexity index is 278. The maximum Gasteiger partial charge on any atom is 0.00446 e. The summed E-state index contributed by atoms with van der Waals surface area (Å²) in [6.07, 6.45) is 6.32. The first kappa shape index (κ1) is 12.5. The van der Waals surface area contributed by atoms with E-state index in [2.05, 4.69) is 28.6 Å². The van der Waals surface area contributed by atoms with Crippen LogP contribution in [0.4, 0.5) is 0 Å². The number of hydrogen-bond donors (Lipinski definition) is 1. The van der Waals surface area contributed by atoms with Gasteiger partial charge < -0.3 is 5.73 Å². The summed E-state index contributed by atoms with van der Waals surface area (Å²) < 4.78 is 0. The molecular weight excluding hydrogens is 234 g/mol. The van der Waals surface area contributed by atoms with Crippen molar-refractivity contribution in [2.24, 2.45) is 11.7 Å². The summed E-state index contributed by atoms with van der Waals surface area (Å²) in [5.74, 6) is 3.60. The van der Waals surface area contributed by atoms with E-state index in [9.17, 15) is 0 Å². The van der Waals surface area contributed by atoms with Crippen LogP contribution in [-0.2, 0) is 6.42 Å². The van der Waals surface area contributed by atoms with E-state index >= 15 is 0 Å². The van der Waals surface area contributed by atoms with Crippen molar-refractivity contribution in [2.75, 3.05) is 11.5 Å². The summed E-state index contributed by atoms with van der Waals surface area (Å²) in [6, 6.07) is 2.63. The second kappa shape index (κ2) is 6.67. The molecule has 1 aromatic heterocycles. The Morgan fingerprint density at radius 1 is 1.38 bits per heavy atom. The van der Waals surface area contributed by atoms with Crippen LogP contribution in [0.5, 0.6) is 0 Å². The van der Waals surface area contributed by atoms with Gasteiger partial charge in [-0.2, -0.15) is 23.1 Å². The third-order valence-corrected chi connectivity index (χ3v) is 5.14. The van der Waals surface area contributed by atoms with Crippen LogP contribution in [-0.4, -0.2) is 17.5 Å². The molecule has 2 rings (SSSR count). The number of rotatable bonds is 5. The van der Waals surface area contributed by atoms with E-state index < -0.39 is 0 Å². The standard InChI is InChI=1S/C13H21NS2/c14-13(2-1-12-5-8-16-10-12)9-11-3-6-15-7-4-11/h5,8,10-11,13H,1-4,6-7,9,14H2. The van der Waals surface area contributed by atoms with E-state index in [1.165, 1.54) is 36.3 Å². The van der Waals surface area contributed by atoms with Crippen molar-refractivity contribution in [3.8, 4) is 0 Å². The van der Waals surface area contributed by atoms with E-state index in [1.54, 1.807) is 11.3 Å². The molecule has 0 saturated carbocycles. The molecule has 1 aliphatic heterocycles. The maximum atomic E-state index is 6.22. The van der Waals surface area contributed by atoms with E-state index in [-0.39, 0.29) is 0 Å². The van der Waals surface area contributed by atoms with E-state index in [0.29, 0.717) is 6.04 Å². The van der Waals surface area contributed by atoms with Gasteiger partial charge in [-0.3, -0.25) is 0 Å². The molecule has 1 atom stereocenters. The molecule has 1 nitrogen and oxygen atoms in total. The summed E-state index contributed by atoms with van der Waals surface area (Å²) in [7, 11) is 0. The molecule has 2 heterocycles. The lowest BCUT2D eigenvalue weighted by atomic mass is 9.92. The second-order valence-corrected chi connectivity index (χ2v) is 6.73. The molecule has 1 aliphatic rings. The molecule has 0 spiro atoms. The Balaban J connectivity index is 1.65. The number of hydrogen-bond acceptors (Lipinski definition) is 3. The molecule has 1 aromatic rings. The fourth-order valence-corrected chi connectivity index (χ4v) is 4.22. The van der Waals surface area contributed by atoms with Crippen LogP contribution in [0.1, 0.15) is 31.2 Å². The van der Waals surface area contributed by atoms with Gasteiger partial charge in [0.05, 0.1) is 0 Å². The van der Waals surface area contributed by atoms with Crippen molar-refractivity contribution in [1.29, 1.82) is 0 Å². The molecule has 0 radical (unpaired) electrons. The molecule has 3 heteroatoms. The van der Waals surface area contributed by atoms with Gasteiger partial charge in [0.15, 0.2) is 0 Å². The topological polar surface area (TPSA) is 26.0 Å². The minimum absolute atomic E-state index is 0.410. The van der Waals surface area contributed by atoms with Gasteiger partial charge in [0.25, 0.3) is 0 Å². The largest absolute Gasteiger partial charge is 0.328 e. The van der Waals surface area contributed by atoms with Crippen LogP contribution >= 0.6 is 23.1 Å². The molecule has 0 aromatic carbocycles. The number of nitrogens with two attached hydrogens (primary N) is 1. The van der Waals surface area contributed by atoms with Crippen LogP contribution in [0.2, 0.25) is 0 Å². The monoisotopic (exact) mass is 255 g/mol. The third kappa shape index (κ3) is 4.11. The Labute approximate surface area is 107 Å². The third-order valence-electron chi connectivity index (χ3n) is 3.36. The van der Waals surface area contributed by atoms with Crippen LogP contribution < -0.4 is 5.73 Å². The predicted octanol–water partition coefficient (Wildman–Crippen LogP) is 3.54. The van der Waals surface area contributed by atoms with Gasteiger partial charge in [0.1, 0.15) is 0 Å². The quantitative estimate of drug-likeness (QED) is 0.871. The number of aryl methyl sites for hydroxylation is 1. The lowest BCUT2D eigenvalue weighted by Gasteiger charge is -2.24. The Morgan fingerprint density at radius 3 is 2.88 bits per heavy atom. The normalized spacial score (nSPS) is 19.8. The highest BCUT2D eigenvalue weighted by Crippen LogP contribution is 2.26. The Hall–Kier alpha value is 0.01000. The second-order valence-electron chi connectivity index (χ2n) is 4.72. The van der Waals surface area contributed by atoms with Gasteiger partial charge in [0, 0.05) is 6.04 Å².